The zero-order valence-corrected chi connectivity index (χ0v) is 18.1. The Kier molecular flexibility index (Phi) is 5.23. The number of benzene rings is 3. The first-order valence-electron chi connectivity index (χ1n) is 10.3. The van der Waals surface area contributed by atoms with E-state index in [-0.39, 0.29) is 17.9 Å². The van der Waals surface area contributed by atoms with Crippen molar-refractivity contribution in [2.75, 3.05) is 19.0 Å². The first-order chi connectivity index (χ1) is 15.5. The number of urea groups is 1. The number of hydrogen-bond donors (Lipinski definition) is 2. The summed E-state index contributed by atoms with van der Waals surface area (Å²) in [7, 11) is 1.64. The number of hydrogen-bond acceptors (Lipinski definition) is 2. The number of H-pyrrole nitrogens is 1. The molecule has 3 aromatic carbocycles. The fraction of sp³-hybridized carbons (Fsp3) is 0.160. The molecule has 5 rings (SSSR count). The van der Waals surface area contributed by atoms with Crippen LogP contribution in [0.4, 0.5) is 14.9 Å². The summed E-state index contributed by atoms with van der Waals surface area (Å²) >= 11 is 5.96. The van der Waals surface area contributed by atoms with E-state index in [1.807, 2.05) is 18.2 Å². The van der Waals surface area contributed by atoms with Crippen molar-refractivity contribution in [3.63, 3.8) is 0 Å². The van der Waals surface area contributed by atoms with E-state index >= 15 is 0 Å². The van der Waals surface area contributed by atoms with Gasteiger partial charge in [-0.1, -0.05) is 23.7 Å². The Bertz CT molecular complexity index is 1290. The molecular weight excluding hydrogens is 429 g/mol. The number of aromatic nitrogens is 1. The summed E-state index contributed by atoms with van der Waals surface area (Å²) in [5, 5.41) is 4.63. The number of nitrogens with one attached hydrogen (secondary N) is 2. The van der Waals surface area contributed by atoms with Gasteiger partial charge in [0.1, 0.15) is 11.6 Å². The standard InChI is InChI=1S/C25H21ClFN3O2/c1-32-19-10-11-22-21(14-19)20-12-13-30(25(31)28-18-8-4-16(26)5-9-18)24(23(20)29-22)15-2-6-17(27)7-3-15/h2-11,14,24,29H,12-13H2,1H3,(H,28,31)/t24-/m1/s1. The first-order valence-corrected chi connectivity index (χ1v) is 10.7. The molecule has 0 unspecified atom stereocenters. The lowest BCUT2D eigenvalue weighted by molar-refractivity contribution is 0.193. The Labute approximate surface area is 189 Å². The maximum absolute atomic E-state index is 13.7. The fourth-order valence-electron chi connectivity index (χ4n) is 4.33. The van der Waals surface area contributed by atoms with Crippen molar-refractivity contribution < 1.29 is 13.9 Å². The molecule has 1 aromatic heterocycles. The van der Waals surface area contributed by atoms with Gasteiger partial charge in [-0.05, 0) is 72.1 Å². The summed E-state index contributed by atoms with van der Waals surface area (Å²) in [5.74, 6) is 0.462. The molecule has 0 spiro atoms. The molecule has 2 N–H and O–H groups in total. The summed E-state index contributed by atoms with van der Waals surface area (Å²) < 4.78 is 19.1. The SMILES string of the molecule is COc1ccc2[nH]c3c(c2c1)CCN(C(=O)Nc1ccc(Cl)cc1)[C@@H]3c1ccc(F)cc1. The normalized spacial score (nSPS) is 15.5. The number of nitrogens with zero attached hydrogens (tertiary/aromatic N) is 1. The van der Waals surface area contributed by atoms with Gasteiger partial charge in [0, 0.05) is 33.9 Å². The van der Waals surface area contributed by atoms with Crippen LogP contribution in [0.2, 0.25) is 5.02 Å². The zero-order valence-electron chi connectivity index (χ0n) is 17.4. The summed E-state index contributed by atoms with van der Waals surface area (Å²) in [6.07, 6.45) is 0.689. The van der Waals surface area contributed by atoms with Crippen LogP contribution < -0.4 is 10.1 Å². The van der Waals surface area contributed by atoms with Crippen LogP contribution in [-0.4, -0.2) is 29.6 Å². The van der Waals surface area contributed by atoms with Gasteiger partial charge in [-0.2, -0.15) is 0 Å². The minimum absolute atomic E-state index is 0.233. The van der Waals surface area contributed by atoms with E-state index in [0.29, 0.717) is 23.7 Å². The van der Waals surface area contributed by atoms with Gasteiger partial charge in [-0.3, -0.25) is 0 Å². The van der Waals surface area contributed by atoms with Crippen molar-refractivity contribution in [3.05, 3.63) is 94.4 Å². The number of carbonyl (C=O) groups is 1. The first kappa shape index (κ1) is 20.4. The van der Waals surface area contributed by atoms with Crippen LogP contribution in [0.25, 0.3) is 10.9 Å². The van der Waals surface area contributed by atoms with Gasteiger partial charge in [-0.25, -0.2) is 9.18 Å². The highest BCUT2D eigenvalue weighted by molar-refractivity contribution is 6.30. The minimum atomic E-state index is -0.384. The van der Waals surface area contributed by atoms with Gasteiger partial charge in [-0.15, -0.1) is 0 Å². The van der Waals surface area contributed by atoms with Gasteiger partial charge in [0.2, 0.25) is 0 Å². The Hall–Kier alpha value is -3.51. The zero-order chi connectivity index (χ0) is 22.2. The Balaban J connectivity index is 1.57. The Morgan fingerprint density at radius 1 is 1.12 bits per heavy atom. The molecule has 5 nitrogen and oxygen atoms in total. The van der Waals surface area contributed by atoms with Crippen molar-refractivity contribution in [3.8, 4) is 5.75 Å². The molecule has 0 saturated heterocycles. The molecule has 4 aromatic rings. The lowest BCUT2D eigenvalue weighted by atomic mass is 9.92. The van der Waals surface area contributed by atoms with E-state index in [1.165, 1.54) is 12.1 Å². The van der Waals surface area contributed by atoms with Gasteiger partial charge in [0.25, 0.3) is 0 Å². The van der Waals surface area contributed by atoms with Crippen molar-refractivity contribution in [2.45, 2.75) is 12.5 Å². The second-order valence-electron chi connectivity index (χ2n) is 7.76. The molecular formula is C25H21ClFN3O2. The molecule has 2 heterocycles. The molecule has 7 heteroatoms. The van der Waals surface area contributed by atoms with E-state index in [2.05, 4.69) is 10.3 Å². The van der Waals surface area contributed by atoms with Crippen LogP contribution in [0.1, 0.15) is 22.9 Å². The van der Waals surface area contributed by atoms with E-state index < -0.39 is 0 Å². The van der Waals surface area contributed by atoms with Gasteiger partial charge in [0.05, 0.1) is 13.2 Å². The number of anilines is 1. The number of amides is 2. The lowest BCUT2D eigenvalue weighted by Gasteiger charge is -2.36. The van der Waals surface area contributed by atoms with Crippen LogP contribution in [0.15, 0.2) is 66.7 Å². The maximum atomic E-state index is 13.7. The van der Waals surface area contributed by atoms with Crippen molar-refractivity contribution >= 4 is 34.2 Å². The van der Waals surface area contributed by atoms with Gasteiger partial charge >= 0.3 is 6.03 Å². The third-order valence-electron chi connectivity index (χ3n) is 5.88. The quantitative estimate of drug-likeness (QED) is 0.394. The molecule has 1 aliphatic rings. The maximum Gasteiger partial charge on any atom is 0.322 e. The second-order valence-corrected chi connectivity index (χ2v) is 8.20. The molecule has 162 valence electrons. The molecule has 32 heavy (non-hydrogen) atoms. The highest BCUT2D eigenvalue weighted by Crippen LogP contribution is 2.39. The molecule has 1 atom stereocenters. The third-order valence-corrected chi connectivity index (χ3v) is 6.13. The van der Waals surface area contributed by atoms with E-state index in [0.717, 1.165) is 33.5 Å². The lowest BCUT2D eigenvalue weighted by Crippen LogP contribution is -2.43. The molecule has 0 fully saturated rings. The smallest absolute Gasteiger partial charge is 0.322 e. The number of aromatic amines is 1. The largest absolute Gasteiger partial charge is 0.497 e. The van der Waals surface area contributed by atoms with E-state index in [9.17, 15) is 9.18 Å². The number of carbonyl (C=O) groups excluding carboxylic acids is 1. The molecule has 2 amide bonds. The van der Waals surface area contributed by atoms with Crippen LogP contribution in [0.5, 0.6) is 5.75 Å². The fourth-order valence-corrected chi connectivity index (χ4v) is 4.46. The summed E-state index contributed by atoms with van der Waals surface area (Å²) in [5.41, 5.74) is 4.53. The number of halogens is 2. The monoisotopic (exact) mass is 449 g/mol. The molecule has 1 aliphatic heterocycles. The molecule has 0 bridgehead atoms. The average molecular weight is 450 g/mol. The highest BCUT2D eigenvalue weighted by Gasteiger charge is 2.34. The molecule has 0 radical (unpaired) electrons. The highest BCUT2D eigenvalue weighted by atomic mass is 35.5. The summed E-state index contributed by atoms with van der Waals surface area (Å²) in [6, 6.07) is 18.6. The van der Waals surface area contributed by atoms with Crippen molar-refractivity contribution in [1.29, 1.82) is 0 Å². The summed E-state index contributed by atoms with van der Waals surface area (Å²) in [4.78, 5) is 18.6. The van der Waals surface area contributed by atoms with Crippen LogP contribution in [0.3, 0.4) is 0 Å². The van der Waals surface area contributed by atoms with Gasteiger partial charge in [0.15, 0.2) is 0 Å². The van der Waals surface area contributed by atoms with Crippen molar-refractivity contribution in [2.24, 2.45) is 0 Å². The van der Waals surface area contributed by atoms with Crippen LogP contribution in [0, 0.1) is 5.82 Å². The predicted molar refractivity (Wildman–Crippen MR) is 124 cm³/mol. The predicted octanol–water partition coefficient (Wildman–Crippen LogP) is 6.15. The average Bonchev–Trinajstić information content (AvgIpc) is 3.18. The van der Waals surface area contributed by atoms with Gasteiger partial charge < -0.3 is 19.9 Å². The molecule has 0 aliphatic carbocycles. The van der Waals surface area contributed by atoms with Crippen LogP contribution >= 0.6 is 11.6 Å². The molecule has 0 saturated carbocycles. The number of methoxy groups -OCH3 is 1. The minimum Gasteiger partial charge on any atom is -0.497 e. The van der Waals surface area contributed by atoms with Crippen molar-refractivity contribution in [1.82, 2.24) is 9.88 Å². The number of rotatable bonds is 3. The summed E-state index contributed by atoms with van der Waals surface area (Å²) in [6.45, 7) is 0.513. The van der Waals surface area contributed by atoms with E-state index in [1.54, 1.807) is 48.4 Å². The van der Waals surface area contributed by atoms with Crippen LogP contribution in [-0.2, 0) is 6.42 Å². The third kappa shape index (κ3) is 3.67. The Morgan fingerprint density at radius 2 is 1.88 bits per heavy atom. The number of ether oxygens (including phenoxy) is 1. The van der Waals surface area contributed by atoms with E-state index in [4.69, 9.17) is 16.3 Å². The number of fused-ring (bicyclic) bond motifs is 3. The second kappa shape index (κ2) is 8.20. The Morgan fingerprint density at radius 3 is 2.59 bits per heavy atom. The topological polar surface area (TPSA) is 57.4 Å².